The van der Waals surface area contributed by atoms with Crippen molar-refractivity contribution in [2.75, 3.05) is 6.61 Å². The van der Waals surface area contributed by atoms with Crippen molar-refractivity contribution in [1.29, 1.82) is 0 Å². The zero-order valence-corrected chi connectivity index (χ0v) is 17.2. The fraction of sp³-hybridized carbons (Fsp3) is 0.381. The Morgan fingerprint density at radius 1 is 1.19 bits per heavy atom. The number of benzene rings is 2. The third kappa shape index (κ3) is 4.80. The molecule has 0 radical (unpaired) electrons. The molecule has 3 rings (SSSR count). The third-order valence-electron chi connectivity index (χ3n) is 4.77. The Bertz CT molecular complexity index is 794. The van der Waals surface area contributed by atoms with Crippen LogP contribution in [0.2, 0.25) is 5.02 Å². The first-order valence-electron chi connectivity index (χ1n) is 9.05. The summed E-state index contributed by atoms with van der Waals surface area (Å²) in [5, 5.41) is 3.56. The van der Waals surface area contributed by atoms with Crippen LogP contribution in [0.3, 0.4) is 0 Å². The lowest BCUT2D eigenvalue weighted by molar-refractivity contribution is -0.123. The Kier molecular flexibility index (Phi) is 6.60. The molecule has 1 aliphatic rings. The number of rotatable bonds is 6. The van der Waals surface area contributed by atoms with E-state index in [2.05, 4.69) is 46.4 Å². The summed E-state index contributed by atoms with van der Waals surface area (Å²) < 4.78 is 6.43. The molecule has 0 bridgehead atoms. The summed E-state index contributed by atoms with van der Waals surface area (Å²) in [5.41, 5.74) is 4.05. The number of carbonyl (C=O) groups excluding carboxylic acids is 1. The molecule has 0 fully saturated rings. The molecular formula is C21H23BrClNO2. The standard InChI is InChI=1S/C21H23BrClNO2/c1-2-19(16-8-7-14-5-3-4-6-15(14)11-16)24-21(25)13-26-20-10-9-17(22)12-18(20)23/h7-12,19H,2-6,13H2,1H3,(H,24,25)/t19-/m1/s1. The molecule has 0 unspecified atom stereocenters. The van der Waals surface area contributed by atoms with Crippen LogP contribution in [0.25, 0.3) is 0 Å². The first kappa shape index (κ1) is 19.2. The molecule has 0 heterocycles. The van der Waals surface area contributed by atoms with Gasteiger partial charge in [-0.2, -0.15) is 0 Å². The lowest BCUT2D eigenvalue weighted by atomic mass is 9.89. The number of halogens is 2. The van der Waals surface area contributed by atoms with E-state index < -0.39 is 0 Å². The molecule has 138 valence electrons. The molecule has 1 atom stereocenters. The van der Waals surface area contributed by atoms with Gasteiger partial charge in [-0.3, -0.25) is 4.79 Å². The van der Waals surface area contributed by atoms with Crippen LogP contribution in [0.1, 0.15) is 48.9 Å². The fourth-order valence-corrected chi connectivity index (χ4v) is 4.09. The van der Waals surface area contributed by atoms with E-state index in [4.69, 9.17) is 16.3 Å². The Morgan fingerprint density at radius 3 is 2.69 bits per heavy atom. The van der Waals surface area contributed by atoms with Crippen molar-refractivity contribution in [3.63, 3.8) is 0 Å². The van der Waals surface area contributed by atoms with E-state index in [1.807, 2.05) is 6.07 Å². The van der Waals surface area contributed by atoms with Crippen LogP contribution in [-0.4, -0.2) is 12.5 Å². The molecule has 0 saturated carbocycles. The predicted molar refractivity (Wildman–Crippen MR) is 109 cm³/mol. The van der Waals surface area contributed by atoms with Gasteiger partial charge in [-0.1, -0.05) is 52.7 Å². The molecule has 1 N–H and O–H groups in total. The molecule has 2 aromatic rings. The van der Waals surface area contributed by atoms with Crippen LogP contribution in [0, 0.1) is 0 Å². The second-order valence-corrected chi connectivity index (χ2v) is 7.95. The summed E-state index contributed by atoms with van der Waals surface area (Å²) in [6.45, 7) is 2.03. The molecule has 26 heavy (non-hydrogen) atoms. The smallest absolute Gasteiger partial charge is 0.258 e. The summed E-state index contributed by atoms with van der Waals surface area (Å²) in [4.78, 5) is 12.3. The van der Waals surface area contributed by atoms with Crippen molar-refractivity contribution in [2.45, 2.75) is 45.1 Å². The molecule has 2 aromatic carbocycles. The number of fused-ring (bicyclic) bond motifs is 1. The second-order valence-electron chi connectivity index (χ2n) is 6.63. The maximum Gasteiger partial charge on any atom is 0.258 e. The molecule has 0 aliphatic heterocycles. The van der Waals surface area contributed by atoms with Gasteiger partial charge in [0.25, 0.3) is 5.91 Å². The van der Waals surface area contributed by atoms with E-state index in [0.29, 0.717) is 10.8 Å². The van der Waals surface area contributed by atoms with Gasteiger partial charge in [-0.15, -0.1) is 0 Å². The summed E-state index contributed by atoms with van der Waals surface area (Å²) in [6, 6.07) is 12.0. The van der Waals surface area contributed by atoms with E-state index >= 15 is 0 Å². The lowest BCUT2D eigenvalue weighted by Gasteiger charge is -2.22. The zero-order chi connectivity index (χ0) is 18.5. The van der Waals surface area contributed by atoms with Crippen molar-refractivity contribution in [3.8, 4) is 5.75 Å². The summed E-state index contributed by atoms with van der Waals surface area (Å²) in [5.74, 6) is 0.361. The van der Waals surface area contributed by atoms with Gasteiger partial charge in [0.1, 0.15) is 5.75 Å². The molecular weight excluding hydrogens is 414 g/mol. The van der Waals surface area contributed by atoms with Crippen molar-refractivity contribution >= 4 is 33.4 Å². The van der Waals surface area contributed by atoms with Crippen LogP contribution >= 0.6 is 27.5 Å². The fourth-order valence-electron chi connectivity index (χ4n) is 3.36. The van der Waals surface area contributed by atoms with Crippen LogP contribution in [0.5, 0.6) is 5.75 Å². The van der Waals surface area contributed by atoms with E-state index in [1.165, 1.54) is 36.0 Å². The zero-order valence-electron chi connectivity index (χ0n) is 14.9. The van der Waals surface area contributed by atoms with Gasteiger partial charge >= 0.3 is 0 Å². The topological polar surface area (TPSA) is 38.3 Å². The minimum Gasteiger partial charge on any atom is -0.482 e. The van der Waals surface area contributed by atoms with Crippen LogP contribution in [-0.2, 0) is 17.6 Å². The largest absolute Gasteiger partial charge is 0.482 e. The quantitative estimate of drug-likeness (QED) is 0.637. The normalized spacial score (nSPS) is 14.4. The summed E-state index contributed by atoms with van der Waals surface area (Å²) >= 11 is 9.47. The average Bonchev–Trinajstić information content (AvgIpc) is 2.65. The third-order valence-corrected chi connectivity index (χ3v) is 5.56. The molecule has 1 aliphatic carbocycles. The predicted octanol–water partition coefficient (Wildman–Crippen LogP) is 5.63. The minimum absolute atomic E-state index is 0.00119. The molecule has 5 heteroatoms. The summed E-state index contributed by atoms with van der Waals surface area (Å²) in [6.07, 6.45) is 5.67. The highest BCUT2D eigenvalue weighted by atomic mass is 79.9. The Labute approximate surface area is 168 Å². The Balaban J connectivity index is 1.61. The SMILES string of the molecule is CC[C@@H](NC(=O)COc1ccc(Br)cc1Cl)c1ccc2c(c1)CCCC2. The van der Waals surface area contributed by atoms with Crippen molar-refractivity contribution in [3.05, 3.63) is 62.6 Å². The van der Waals surface area contributed by atoms with Gasteiger partial charge < -0.3 is 10.1 Å². The number of hydrogen-bond donors (Lipinski definition) is 1. The molecule has 1 amide bonds. The van der Waals surface area contributed by atoms with Crippen LogP contribution in [0.15, 0.2) is 40.9 Å². The van der Waals surface area contributed by atoms with Gasteiger partial charge in [0.05, 0.1) is 11.1 Å². The first-order valence-corrected chi connectivity index (χ1v) is 10.2. The summed E-state index contributed by atoms with van der Waals surface area (Å²) in [7, 11) is 0. The first-order chi connectivity index (χ1) is 12.6. The van der Waals surface area contributed by atoms with E-state index in [0.717, 1.165) is 17.3 Å². The Hall–Kier alpha value is -1.52. The number of carbonyl (C=O) groups is 1. The van der Waals surface area contributed by atoms with Crippen molar-refractivity contribution in [2.24, 2.45) is 0 Å². The number of aryl methyl sites for hydroxylation is 2. The van der Waals surface area contributed by atoms with Gasteiger partial charge in [0, 0.05) is 4.47 Å². The van der Waals surface area contributed by atoms with Crippen LogP contribution in [0.4, 0.5) is 0 Å². The van der Waals surface area contributed by atoms with E-state index in [1.54, 1.807) is 12.1 Å². The van der Waals surface area contributed by atoms with Gasteiger partial charge in [-0.05, 0) is 67.0 Å². The van der Waals surface area contributed by atoms with E-state index in [9.17, 15) is 4.79 Å². The lowest BCUT2D eigenvalue weighted by Crippen LogP contribution is -2.32. The number of nitrogens with one attached hydrogen (secondary N) is 1. The monoisotopic (exact) mass is 435 g/mol. The second kappa shape index (κ2) is 8.92. The van der Waals surface area contributed by atoms with Crippen molar-refractivity contribution in [1.82, 2.24) is 5.32 Å². The number of hydrogen-bond acceptors (Lipinski definition) is 2. The van der Waals surface area contributed by atoms with Gasteiger partial charge in [-0.25, -0.2) is 0 Å². The molecule has 0 spiro atoms. The van der Waals surface area contributed by atoms with Crippen LogP contribution < -0.4 is 10.1 Å². The minimum atomic E-state index is -0.145. The number of amides is 1. The highest BCUT2D eigenvalue weighted by molar-refractivity contribution is 9.10. The molecule has 0 saturated heterocycles. The van der Waals surface area contributed by atoms with E-state index in [-0.39, 0.29) is 18.6 Å². The maximum absolute atomic E-state index is 12.3. The number of ether oxygens (including phenoxy) is 1. The van der Waals surface area contributed by atoms with Gasteiger partial charge in [0.2, 0.25) is 0 Å². The van der Waals surface area contributed by atoms with Gasteiger partial charge in [0.15, 0.2) is 6.61 Å². The molecule has 3 nitrogen and oxygen atoms in total. The average molecular weight is 437 g/mol. The Morgan fingerprint density at radius 2 is 1.96 bits per heavy atom. The highest BCUT2D eigenvalue weighted by Gasteiger charge is 2.16. The maximum atomic E-state index is 12.3. The van der Waals surface area contributed by atoms with Crippen molar-refractivity contribution < 1.29 is 9.53 Å². The highest BCUT2D eigenvalue weighted by Crippen LogP contribution is 2.28. The molecule has 0 aromatic heterocycles.